The first-order valence-corrected chi connectivity index (χ1v) is 4.56. The van der Waals surface area contributed by atoms with Crippen LogP contribution < -0.4 is 0 Å². The van der Waals surface area contributed by atoms with Gasteiger partial charge in [-0.2, -0.15) is 0 Å². The number of phenols is 1. The minimum atomic E-state index is -0.286. The largest absolute Gasteiger partial charge is 0.508 e. The van der Waals surface area contributed by atoms with Crippen LogP contribution in [-0.2, 0) is 16.0 Å². The number of carbonyl (C=O) groups excluding carboxylic acids is 1. The molecule has 0 saturated heterocycles. The van der Waals surface area contributed by atoms with E-state index in [0.717, 1.165) is 16.6 Å². The van der Waals surface area contributed by atoms with Crippen molar-refractivity contribution in [1.82, 2.24) is 4.98 Å². The van der Waals surface area contributed by atoms with Gasteiger partial charge in [-0.05, 0) is 23.6 Å². The average molecular weight is 205 g/mol. The fourth-order valence-electron chi connectivity index (χ4n) is 1.50. The van der Waals surface area contributed by atoms with Crippen LogP contribution in [0.15, 0.2) is 24.3 Å². The van der Waals surface area contributed by atoms with E-state index in [1.54, 1.807) is 18.2 Å². The number of phenolic OH excluding ortho intramolecular Hbond substituents is 1. The highest BCUT2D eigenvalue weighted by atomic mass is 16.5. The second-order valence-corrected chi connectivity index (χ2v) is 3.32. The lowest BCUT2D eigenvalue weighted by atomic mass is 10.2. The molecule has 1 heterocycles. The molecule has 1 aromatic carbocycles. The number of aromatic nitrogens is 1. The third kappa shape index (κ3) is 1.93. The maximum atomic E-state index is 11.0. The van der Waals surface area contributed by atoms with Gasteiger partial charge in [-0.15, -0.1) is 0 Å². The van der Waals surface area contributed by atoms with Crippen molar-refractivity contribution in [1.29, 1.82) is 0 Å². The van der Waals surface area contributed by atoms with E-state index in [1.165, 1.54) is 7.11 Å². The Bertz CT molecular complexity index is 502. The van der Waals surface area contributed by atoms with Crippen LogP contribution in [0.25, 0.3) is 10.9 Å². The molecule has 0 atom stereocenters. The molecule has 0 aliphatic rings. The summed E-state index contributed by atoms with van der Waals surface area (Å²) >= 11 is 0. The van der Waals surface area contributed by atoms with Crippen LogP contribution in [0.5, 0.6) is 5.75 Å². The summed E-state index contributed by atoms with van der Waals surface area (Å²) in [7, 11) is 1.36. The van der Waals surface area contributed by atoms with Crippen LogP contribution in [-0.4, -0.2) is 23.2 Å². The lowest BCUT2D eigenvalue weighted by molar-refractivity contribution is -0.139. The average Bonchev–Trinajstić information content (AvgIpc) is 2.59. The fraction of sp³-hybridized carbons (Fsp3) is 0.182. The summed E-state index contributed by atoms with van der Waals surface area (Å²) in [6.07, 6.45) is 0.214. The number of aromatic hydroxyl groups is 1. The van der Waals surface area contributed by atoms with E-state index in [1.807, 2.05) is 6.07 Å². The molecule has 2 N–H and O–H groups in total. The van der Waals surface area contributed by atoms with Gasteiger partial charge in [-0.1, -0.05) is 0 Å². The molecule has 15 heavy (non-hydrogen) atoms. The van der Waals surface area contributed by atoms with Crippen molar-refractivity contribution < 1.29 is 14.6 Å². The lowest BCUT2D eigenvalue weighted by Crippen LogP contribution is -2.04. The summed E-state index contributed by atoms with van der Waals surface area (Å²) in [6.45, 7) is 0. The second-order valence-electron chi connectivity index (χ2n) is 3.32. The Morgan fingerprint density at radius 2 is 2.27 bits per heavy atom. The Labute approximate surface area is 86.5 Å². The highest BCUT2D eigenvalue weighted by Gasteiger charge is 2.06. The van der Waals surface area contributed by atoms with Crippen LogP contribution in [0.4, 0.5) is 0 Å². The summed E-state index contributed by atoms with van der Waals surface area (Å²) in [4.78, 5) is 14.1. The van der Waals surface area contributed by atoms with Gasteiger partial charge < -0.3 is 14.8 Å². The predicted octanol–water partition coefficient (Wildman–Crippen LogP) is 1.59. The van der Waals surface area contributed by atoms with E-state index in [4.69, 9.17) is 0 Å². The first-order chi connectivity index (χ1) is 7.19. The highest BCUT2D eigenvalue weighted by Crippen LogP contribution is 2.20. The Morgan fingerprint density at radius 3 is 3.00 bits per heavy atom. The van der Waals surface area contributed by atoms with Crippen molar-refractivity contribution >= 4 is 16.9 Å². The molecule has 0 saturated carbocycles. The van der Waals surface area contributed by atoms with Gasteiger partial charge in [0.25, 0.3) is 0 Å². The highest BCUT2D eigenvalue weighted by molar-refractivity contribution is 5.83. The number of ether oxygens (including phenoxy) is 1. The van der Waals surface area contributed by atoms with E-state index >= 15 is 0 Å². The predicted molar refractivity (Wildman–Crippen MR) is 55.7 cm³/mol. The zero-order valence-electron chi connectivity index (χ0n) is 8.28. The number of nitrogens with one attached hydrogen (secondary N) is 1. The molecule has 0 amide bonds. The molecule has 0 aliphatic heterocycles. The molecule has 0 spiro atoms. The molecule has 0 aliphatic carbocycles. The minimum absolute atomic E-state index is 0.203. The minimum Gasteiger partial charge on any atom is -0.508 e. The van der Waals surface area contributed by atoms with Crippen LogP contribution in [0.3, 0.4) is 0 Å². The smallest absolute Gasteiger partial charge is 0.311 e. The van der Waals surface area contributed by atoms with E-state index in [0.29, 0.717) is 0 Å². The second kappa shape index (κ2) is 3.65. The number of benzene rings is 1. The number of methoxy groups -OCH3 is 1. The van der Waals surface area contributed by atoms with E-state index < -0.39 is 0 Å². The molecule has 2 aromatic rings. The Morgan fingerprint density at radius 1 is 1.47 bits per heavy atom. The molecule has 0 bridgehead atoms. The number of aromatic amines is 1. The topological polar surface area (TPSA) is 62.3 Å². The monoisotopic (exact) mass is 205 g/mol. The summed E-state index contributed by atoms with van der Waals surface area (Å²) in [5, 5.41) is 10.2. The molecule has 2 rings (SSSR count). The zero-order chi connectivity index (χ0) is 10.8. The first-order valence-electron chi connectivity index (χ1n) is 4.56. The van der Waals surface area contributed by atoms with Gasteiger partial charge in [-0.3, -0.25) is 4.79 Å². The summed E-state index contributed by atoms with van der Waals surface area (Å²) in [6, 6.07) is 6.89. The van der Waals surface area contributed by atoms with Crippen molar-refractivity contribution in [2.75, 3.05) is 7.11 Å². The number of hydrogen-bond acceptors (Lipinski definition) is 3. The maximum absolute atomic E-state index is 11.0. The van der Waals surface area contributed by atoms with E-state index in [9.17, 15) is 9.90 Å². The summed E-state index contributed by atoms with van der Waals surface area (Å²) in [5.41, 5.74) is 1.59. The molecular weight excluding hydrogens is 194 g/mol. The molecule has 0 radical (unpaired) electrons. The normalized spacial score (nSPS) is 10.5. The molecule has 0 unspecified atom stereocenters. The third-order valence-electron chi connectivity index (χ3n) is 2.22. The summed E-state index contributed by atoms with van der Waals surface area (Å²) in [5.74, 6) is -0.0836. The number of hydrogen-bond donors (Lipinski definition) is 2. The first kappa shape index (κ1) is 9.58. The van der Waals surface area contributed by atoms with Gasteiger partial charge in [0.2, 0.25) is 0 Å². The molecule has 4 heteroatoms. The molecular formula is C11H11NO3. The number of rotatable bonds is 2. The van der Waals surface area contributed by atoms with Crippen molar-refractivity contribution in [3.8, 4) is 5.75 Å². The molecule has 78 valence electrons. The quantitative estimate of drug-likeness (QED) is 0.732. The van der Waals surface area contributed by atoms with Gasteiger partial charge in [0, 0.05) is 17.3 Å². The standard InChI is InChI=1S/C11H11NO3/c1-15-11(14)5-8-4-7-2-3-9(13)6-10(7)12-8/h2-4,6,12-13H,5H2,1H3. The lowest BCUT2D eigenvalue weighted by Gasteiger charge is -1.94. The number of H-pyrrole nitrogens is 1. The third-order valence-corrected chi connectivity index (χ3v) is 2.22. The van der Waals surface area contributed by atoms with Crippen molar-refractivity contribution in [3.63, 3.8) is 0 Å². The summed E-state index contributed by atoms with van der Waals surface area (Å²) < 4.78 is 4.57. The van der Waals surface area contributed by atoms with Crippen LogP contribution in [0.2, 0.25) is 0 Å². The molecule has 1 aromatic heterocycles. The number of carbonyl (C=O) groups is 1. The molecule has 0 fully saturated rings. The maximum Gasteiger partial charge on any atom is 0.311 e. The van der Waals surface area contributed by atoms with Crippen molar-refractivity contribution in [2.24, 2.45) is 0 Å². The Balaban J connectivity index is 2.34. The molecule has 4 nitrogen and oxygen atoms in total. The van der Waals surface area contributed by atoms with Crippen molar-refractivity contribution in [2.45, 2.75) is 6.42 Å². The van der Waals surface area contributed by atoms with Gasteiger partial charge in [0.05, 0.1) is 13.5 Å². The van der Waals surface area contributed by atoms with E-state index in [2.05, 4.69) is 9.72 Å². The number of esters is 1. The zero-order valence-corrected chi connectivity index (χ0v) is 8.28. The Hall–Kier alpha value is -1.97. The van der Waals surface area contributed by atoms with Crippen molar-refractivity contribution in [3.05, 3.63) is 30.0 Å². The van der Waals surface area contributed by atoms with Gasteiger partial charge in [-0.25, -0.2) is 0 Å². The fourth-order valence-corrected chi connectivity index (χ4v) is 1.50. The van der Waals surface area contributed by atoms with Gasteiger partial charge in [0.15, 0.2) is 0 Å². The Kier molecular flexibility index (Phi) is 2.33. The van der Waals surface area contributed by atoms with Crippen LogP contribution in [0, 0.1) is 0 Å². The number of fused-ring (bicyclic) bond motifs is 1. The van der Waals surface area contributed by atoms with Crippen LogP contribution >= 0.6 is 0 Å². The van der Waals surface area contributed by atoms with Crippen LogP contribution in [0.1, 0.15) is 5.69 Å². The van der Waals surface area contributed by atoms with Gasteiger partial charge in [0.1, 0.15) is 5.75 Å². The SMILES string of the molecule is COC(=O)Cc1cc2ccc(O)cc2[nH]1. The van der Waals surface area contributed by atoms with Gasteiger partial charge >= 0.3 is 5.97 Å². The van der Waals surface area contributed by atoms with E-state index in [-0.39, 0.29) is 18.1 Å².